The molecule has 0 aliphatic rings. The van der Waals surface area contributed by atoms with Gasteiger partial charge in [-0.2, -0.15) is 0 Å². The molecule has 0 rings (SSSR count). The summed E-state index contributed by atoms with van der Waals surface area (Å²) in [6, 6.07) is 0. The number of hydrogen-bond donors (Lipinski definition) is 1. The van der Waals surface area contributed by atoms with E-state index in [4.69, 9.17) is 12.2 Å². The van der Waals surface area contributed by atoms with E-state index in [-0.39, 0.29) is 11.8 Å². The zero-order valence-corrected chi connectivity index (χ0v) is 9.12. The Morgan fingerprint density at radius 1 is 1.64 bits per heavy atom. The van der Waals surface area contributed by atoms with E-state index in [9.17, 15) is 4.79 Å². The third-order valence-electron chi connectivity index (χ3n) is 2.24. The first kappa shape index (κ1) is 13.0. The Hall–Kier alpha value is -1.01. The van der Waals surface area contributed by atoms with Gasteiger partial charge in [0, 0.05) is 12.5 Å². The van der Waals surface area contributed by atoms with Crippen LogP contribution >= 0.6 is 0 Å². The molecule has 1 unspecified atom stereocenters. The zero-order valence-electron chi connectivity index (χ0n) is 9.12. The molecule has 0 spiro atoms. The number of nitrogens with zero attached hydrogens (tertiary/aromatic N) is 1. The highest BCUT2D eigenvalue weighted by Crippen LogP contribution is 2.08. The van der Waals surface area contributed by atoms with Crippen molar-refractivity contribution < 1.29 is 4.79 Å². The average molecular weight is 196 g/mol. The number of carbonyl (C=O) groups is 1. The van der Waals surface area contributed by atoms with Crippen LogP contribution in [0.3, 0.4) is 0 Å². The molecule has 0 saturated heterocycles. The minimum Gasteiger partial charge on any atom is -0.332 e. The SMILES string of the molecule is C#CCN(CC)C(=O)C(C)CCCN. The standard InChI is InChI=1S/C11H20N2O/c1-4-9-13(5-2)11(14)10(3)7-6-8-12/h1,10H,5-9,12H2,2-3H3. The van der Waals surface area contributed by atoms with Crippen LogP contribution in [-0.4, -0.2) is 30.4 Å². The number of rotatable bonds is 6. The van der Waals surface area contributed by atoms with Gasteiger partial charge < -0.3 is 10.6 Å². The fourth-order valence-electron chi connectivity index (χ4n) is 1.31. The van der Waals surface area contributed by atoms with Gasteiger partial charge in [0.1, 0.15) is 0 Å². The van der Waals surface area contributed by atoms with Crippen molar-refractivity contribution in [3.8, 4) is 12.3 Å². The smallest absolute Gasteiger partial charge is 0.226 e. The topological polar surface area (TPSA) is 46.3 Å². The third-order valence-corrected chi connectivity index (χ3v) is 2.24. The summed E-state index contributed by atoms with van der Waals surface area (Å²) in [6.07, 6.45) is 6.91. The average Bonchev–Trinajstić information content (AvgIpc) is 2.21. The predicted molar refractivity (Wildman–Crippen MR) is 58.5 cm³/mol. The molecular weight excluding hydrogens is 176 g/mol. The quantitative estimate of drug-likeness (QED) is 0.640. The first-order valence-electron chi connectivity index (χ1n) is 5.09. The number of carbonyl (C=O) groups excluding carboxylic acids is 1. The number of nitrogens with two attached hydrogens (primary N) is 1. The van der Waals surface area contributed by atoms with Crippen LogP contribution in [0.15, 0.2) is 0 Å². The van der Waals surface area contributed by atoms with E-state index in [0.717, 1.165) is 12.8 Å². The van der Waals surface area contributed by atoms with Gasteiger partial charge in [0.15, 0.2) is 0 Å². The molecule has 0 bridgehead atoms. The van der Waals surface area contributed by atoms with Gasteiger partial charge in [-0.05, 0) is 26.3 Å². The van der Waals surface area contributed by atoms with E-state index in [1.165, 1.54) is 0 Å². The summed E-state index contributed by atoms with van der Waals surface area (Å²) in [5.41, 5.74) is 5.39. The lowest BCUT2D eigenvalue weighted by Gasteiger charge is -2.22. The number of terminal acetylenes is 1. The Kier molecular flexibility index (Phi) is 6.87. The number of hydrogen-bond acceptors (Lipinski definition) is 2. The van der Waals surface area contributed by atoms with Crippen LogP contribution in [0.5, 0.6) is 0 Å². The second kappa shape index (κ2) is 7.40. The first-order chi connectivity index (χ1) is 6.67. The van der Waals surface area contributed by atoms with Gasteiger partial charge in [0.2, 0.25) is 5.91 Å². The largest absolute Gasteiger partial charge is 0.332 e. The minimum absolute atomic E-state index is 0.0341. The number of amides is 1. The molecule has 0 aromatic heterocycles. The van der Waals surface area contributed by atoms with Gasteiger partial charge in [0.05, 0.1) is 6.54 Å². The van der Waals surface area contributed by atoms with Crippen molar-refractivity contribution in [1.29, 1.82) is 0 Å². The summed E-state index contributed by atoms with van der Waals surface area (Å²) in [4.78, 5) is 13.5. The molecule has 0 radical (unpaired) electrons. The Morgan fingerprint density at radius 3 is 2.71 bits per heavy atom. The van der Waals surface area contributed by atoms with Crippen LogP contribution in [0.25, 0.3) is 0 Å². The highest BCUT2D eigenvalue weighted by Gasteiger charge is 2.17. The molecule has 0 saturated carbocycles. The van der Waals surface area contributed by atoms with Gasteiger partial charge in [0.25, 0.3) is 0 Å². The summed E-state index contributed by atoms with van der Waals surface area (Å²) < 4.78 is 0. The second-order valence-corrected chi connectivity index (χ2v) is 3.39. The van der Waals surface area contributed by atoms with Crippen molar-refractivity contribution in [3.05, 3.63) is 0 Å². The Morgan fingerprint density at radius 2 is 2.29 bits per heavy atom. The van der Waals surface area contributed by atoms with Crippen molar-refractivity contribution >= 4 is 5.91 Å². The molecule has 0 fully saturated rings. The molecule has 0 heterocycles. The molecule has 0 aliphatic heterocycles. The van der Waals surface area contributed by atoms with Crippen molar-refractivity contribution in [2.45, 2.75) is 26.7 Å². The molecule has 3 nitrogen and oxygen atoms in total. The van der Waals surface area contributed by atoms with E-state index in [1.54, 1.807) is 4.90 Å². The Balaban J connectivity index is 4.07. The maximum atomic E-state index is 11.8. The van der Waals surface area contributed by atoms with Crippen molar-refractivity contribution in [3.63, 3.8) is 0 Å². The van der Waals surface area contributed by atoms with E-state index < -0.39 is 0 Å². The summed E-state index contributed by atoms with van der Waals surface area (Å²) in [7, 11) is 0. The van der Waals surface area contributed by atoms with Crippen LogP contribution in [0.1, 0.15) is 26.7 Å². The zero-order chi connectivity index (χ0) is 11.0. The van der Waals surface area contributed by atoms with Gasteiger partial charge in [-0.1, -0.05) is 12.8 Å². The predicted octanol–water partition coefficient (Wildman–Crippen LogP) is 0.843. The summed E-state index contributed by atoms with van der Waals surface area (Å²) in [6.45, 7) is 5.58. The molecular formula is C11H20N2O. The van der Waals surface area contributed by atoms with Gasteiger partial charge >= 0.3 is 0 Å². The van der Waals surface area contributed by atoms with Crippen molar-refractivity contribution in [2.24, 2.45) is 11.7 Å². The van der Waals surface area contributed by atoms with E-state index >= 15 is 0 Å². The Labute approximate surface area is 86.6 Å². The maximum Gasteiger partial charge on any atom is 0.226 e. The molecule has 0 aromatic carbocycles. The normalized spacial score (nSPS) is 11.9. The lowest BCUT2D eigenvalue weighted by molar-refractivity contribution is -0.134. The summed E-state index contributed by atoms with van der Waals surface area (Å²) in [5, 5.41) is 0. The maximum absolute atomic E-state index is 11.8. The molecule has 1 atom stereocenters. The fourth-order valence-corrected chi connectivity index (χ4v) is 1.31. The summed E-state index contributed by atoms with van der Waals surface area (Å²) >= 11 is 0. The van der Waals surface area contributed by atoms with E-state index in [1.807, 2.05) is 13.8 Å². The van der Waals surface area contributed by atoms with Gasteiger partial charge in [-0.25, -0.2) is 0 Å². The van der Waals surface area contributed by atoms with Crippen LogP contribution in [0, 0.1) is 18.3 Å². The highest BCUT2D eigenvalue weighted by atomic mass is 16.2. The molecule has 0 aliphatic carbocycles. The third kappa shape index (κ3) is 4.29. The second-order valence-electron chi connectivity index (χ2n) is 3.39. The van der Waals surface area contributed by atoms with E-state index in [2.05, 4.69) is 5.92 Å². The molecule has 3 heteroatoms. The first-order valence-corrected chi connectivity index (χ1v) is 5.09. The molecule has 2 N–H and O–H groups in total. The van der Waals surface area contributed by atoms with E-state index in [0.29, 0.717) is 19.6 Å². The molecule has 80 valence electrons. The van der Waals surface area contributed by atoms with Crippen molar-refractivity contribution in [1.82, 2.24) is 4.90 Å². The summed E-state index contributed by atoms with van der Waals surface area (Å²) in [5.74, 6) is 2.66. The highest BCUT2D eigenvalue weighted by molar-refractivity contribution is 5.78. The van der Waals surface area contributed by atoms with Crippen LogP contribution in [0.4, 0.5) is 0 Å². The molecule has 14 heavy (non-hydrogen) atoms. The van der Waals surface area contributed by atoms with Crippen LogP contribution in [-0.2, 0) is 4.79 Å². The van der Waals surface area contributed by atoms with Gasteiger partial charge in [-0.3, -0.25) is 4.79 Å². The molecule has 0 aromatic rings. The minimum atomic E-state index is 0.0341. The Bertz CT molecular complexity index is 208. The van der Waals surface area contributed by atoms with Gasteiger partial charge in [-0.15, -0.1) is 6.42 Å². The molecule has 1 amide bonds. The van der Waals surface area contributed by atoms with Crippen LogP contribution < -0.4 is 5.73 Å². The monoisotopic (exact) mass is 196 g/mol. The lowest BCUT2D eigenvalue weighted by Crippen LogP contribution is -2.35. The fraction of sp³-hybridized carbons (Fsp3) is 0.727. The van der Waals surface area contributed by atoms with Crippen LogP contribution in [0.2, 0.25) is 0 Å². The lowest BCUT2D eigenvalue weighted by atomic mass is 10.0. The van der Waals surface area contributed by atoms with Crippen molar-refractivity contribution in [2.75, 3.05) is 19.6 Å².